The molecule has 406 valence electrons. The van der Waals surface area contributed by atoms with Gasteiger partial charge in [0.25, 0.3) is 0 Å². The summed E-state index contributed by atoms with van der Waals surface area (Å²) in [5.74, 6) is 2.58. The molecule has 19 nitrogen and oxygen atoms in total. The van der Waals surface area contributed by atoms with Crippen molar-refractivity contribution in [1.82, 2.24) is 45.0 Å². The summed E-state index contributed by atoms with van der Waals surface area (Å²) in [6.07, 6.45) is 5.31. The van der Waals surface area contributed by atoms with E-state index in [0.717, 1.165) is 82.2 Å². The highest BCUT2D eigenvalue weighted by Crippen LogP contribution is 2.31. The van der Waals surface area contributed by atoms with Crippen LogP contribution in [0.25, 0.3) is 21.5 Å². The second kappa shape index (κ2) is 25.5. The first-order valence-corrected chi connectivity index (χ1v) is 27.2. The van der Waals surface area contributed by atoms with Crippen LogP contribution in [0.2, 0.25) is 0 Å². The fourth-order valence-electron chi connectivity index (χ4n) is 9.65. The zero-order valence-corrected chi connectivity index (χ0v) is 45.8. The molecule has 2 aliphatic heterocycles. The molecule has 2 unspecified atom stereocenters. The van der Waals surface area contributed by atoms with Crippen LogP contribution in [0.15, 0.2) is 78.6 Å². The lowest BCUT2D eigenvalue weighted by Crippen LogP contribution is -2.58. The van der Waals surface area contributed by atoms with Crippen LogP contribution in [-0.4, -0.2) is 141 Å². The van der Waals surface area contributed by atoms with Gasteiger partial charge < -0.3 is 54.4 Å². The summed E-state index contributed by atoms with van der Waals surface area (Å²) >= 11 is 1.58. The topological polar surface area (TPSA) is 220 Å². The van der Waals surface area contributed by atoms with Gasteiger partial charge in [-0.05, 0) is 81.3 Å². The van der Waals surface area contributed by atoms with Crippen LogP contribution in [0.5, 0.6) is 5.75 Å². The van der Waals surface area contributed by atoms with Crippen molar-refractivity contribution in [3.63, 3.8) is 0 Å². The molecule has 0 radical (unpaired) electrons. The molecular formula is C56H73N11O8S. The van der Waals surface area contributed by atoms with Crippen LogP contribution in [0.1, 0.15) is 95.5 Å². The number of pyridine rings is 1. The molecule has 3 amide bonds. The molecule has 76 heavy (non-hydrogen) atoms. The number of hydrogen-bond acceptors (Lipinski definition) is 16. The van der Waals surface area contributed by atoms with E-state index in [1.165, 1.54) is 4.90 Å². The molecule has 6 heterocycles. The van der Waals surface area contributed by atoms with Gasteiger partial charge in [-0.1, -0.05) is 57.2 Å². The summed E-state index contributed by atoms with van der Waals surface area (Å²) in [4.78, 5) is 68.4. The van der Waals surface area contributed by atoms with Crippen LogP contribution >= 0.6 is 11.3 Å². The standard InChI is InChI=1S/C56H73N11O8S/c1-35(2)67-38(5)61-45-31-58-49(30-46(45)67)62-48-17-21-57-55(63-48)65-22-18-44(19-23-65)75-43-15-9-39(10-16-43)20-24-72-25-26-73-27-28-74-33-50(69)64-52(56(6,7)8)54(71)66-32-42(68)29-47(66)53(70)60-36(3)40-11-13-41(14-12-40)51-37(4)59-34-76-51/h9-17,21,30-31,34-36,42,44,47,52,68H,18-20,22-29,32-33H2,1-8H3,(H,60,70)(H,64,69)(H,57,58,62,63)/t36?,42-,47+,52?/m1/s1. The molecule has 0 aliphatic carbocycles. The molecule has 4 N–H and O–H groups in total. The van der Waals surface area contributed by atoms with E-state index in [9.17, 15) is 19.5 Å². The zero-order valence-electron chi connectivity index (χ0n) is 45.0. The zero-order chi connectivity index (χ0) is 53.9. The minimum atomic E-state index is -0.965. The van der Waals surface area contributed by atoms with E-state index < -0.39 is 35.4 Å². The Labute approximate surface area is 449 Å². The number of nitrogens with zero attached hydrogens (tertiary/aromatic N) is 8. The lowest BCUT2D eigenvalue weighted by molar-refractivity contribution is -0.144. The number of aromatic nitrogens is 6. The largest absolute Gasteiger partial charge is 0.490 e. The number of thiazole rings is 1. The SMILES string of the molecule is Cc1ncsc1-c1ccc(C(C)NC(=O)[C@@H]2C[C@@H](O)CN2C(=O)C(NC(=O)COCCOCCOCCc2ccc(OC3CCN(c4nccc(Nc5cc6c(cn5)nc(C)n6C(C)C)n4)CC3)cc2)C(C)(C)C)cc1. The monoisotopic (exact) mass is 1060 g/mol. The Morgan fingerprint density at radius 1 is 0.842 bits per heavy atom. The Hall–Kier alpha value is -6.58. The van der Waals surface area contributed by atoms with Gasteiger partial charge in [0.2, 0.25) is 23.7 Å². The van der Waals surface area contributed by atoms with Crippen LogP contribution in [0.3, 0.4) is 0 Å². The number of rotatable bonds is 23. The average Bonchev–Trinajstić information content (AvgIpc) is 4.11. The van der Waals surface area contributed by atoms with E-state index in [0.29, 0.717) is 37.4 Å². The minimum absolute atomic E-state index is 0.0168. The first-order chi connectivity index (χ1) is 36.5. The number of aliphatic hydroxyl groups excluding tert-OH is 1. The highest BCUT2D eigenvalue weighted by atomic mass is 32.1. The molecule has 6 aromatic rings. The molecule has 4 atom stereocenters. The fraction of sp³-hybridized carbons (Fsp3) is 0.500. The minimum Gasteiger partial charge on any atom is -0.490 e. The molecule has 2 fully saturated rings. The number of imidazole rings is 1. The second-order valence-corrected chi connectivity index (χ2v) is 21.8. The number of aryl methyl sites for hydroxylation is 2. The second-order valence-electron chi connectivity index (χ2n) is 20.9. The summed E-state index contributed by atoms with van der Waals surface area (Å²) in [6.45, 7) is 18.7. The average molecular weight is 1060 g/mol. The van der Waals surface area contributed by atoms with Crippen molar-refractivity contribution in [2.24, 2.45) is 5.41 Å². The smallest absolute Gasteiger partial charge is 0.246 e. The molecule has 0 spiro atoms. The van der Waals surface area contributed by atoms with Crippen molar-refractivity contribution in [3.05, 3.63) is 101 Å². The Balaban J connectivity index is 0.680. The molecular weight excluding hydrogens is 987 g/mol. The van der Waals surface area contributed by atoms with Gasteiger partial charge in [-0.2, -0.15) is 4.98 Å². The van der Waals surface area contributed by atoms with Gasteiger partial charge in [-0.25, -0.2) is 19.9 Å². The predicted octanol–water partition coefficient (Wildman–Crippen LogP) is 7.30. The third-order valence-corrected chi connectivity index (χ3v) is 14.7. The number of ether oxygens (including phenoxy) is 4. The maximum atomic E-state index is 14.1. The lowest BCUT2D eigenvalue weighted by atomic mass is 9.85. The van der Waals surface area contributed by atoms with Crippen LogP contribution in [0.4, 0.5) is 17.6 Å². The lowest BCUT2D eigenvalue weighted by Gasteiger charge is -2.35. The predicted molar refractivity (Wildman–Crippen MR) is 293 cm³/mol. The maximum Gasteiger partial charge on any atom is 0.246 e. The third-order valence-electron chi connectivity index (χ3n) is 13.7. The van der Waals surface area contributed by atoms with Gasteiger partial charge in [-0.3, -0.25) is 14.4 Å². The van der Waals surface area contributed by atoms with E-state index in [1.54, 1.807) is 23.7 Å². The Kier molecular flexibility index (Phi) is 18.7. The van der Waals surface area contributed by atoms with Crippen molar-refractivity contribution in [2.75, 3.05) is 69.5 Å². The van der Waals surface area contributed by atoms with E-state index in [4.69, 9.17) is 23.9 Å². The normalized spacial score (nSPS) is 17.0. The van der Waals surface area contributed by atoms with Gasteiger partial charge in [0.05, 0.1) is 73.0 Å². The van der Waals surface area contributed by atoms with Crippen molar-refractivity contribution in [3.8, 4) is 16.2 Å². The van der Waals surface area contributed by atoms with E-state index >= 15 is 0 Å². The Morgan fingerprint density at radius 3 is 2.24 bits per heavy atom. The number of piperidine rings is 1. The summed E-state index contributed by atoms with van der Waals surface area (Å²) in [6, 6.07) is 18.0. The number of carbonyl (C=O) groups is 3. The number of amides is 3. The quantitative estimate of drug-likeness (QED) is 0.0463. The number of anilines is 3. The number of nitrogens with one attached hydrogen (secondary N) is 3. The van der Waals surface area contributed by atoms with E-state index in [1.807, 2.05) is 95.6 Å². The number of benzene rings is 2. The summed E-state index contributed by atoms with van der Waals surface area (Å²) in [7, 11) is 0. The molecule has 4 aromatic heterocycles. The number of carbonyl (C=O) groups excluding carboxylic acids is 3. The number of likely N-dealkylation sites (tertiary alicyclic amines) is 1. The fourth-order valence-corrected chi connectivity index (χ4v) is 10.5. The van der Waals surface area contributed by atoms with Crippen LogP contribution in [-0.2, 0) is 35.0 Å². The van der Waals surface area contributed by atoms with Crippen molar-refractivity contribution in [1.29, 1.82) is 0 Å². The molecule has 0 saturated carbocycles. The molecule has 8 rings (SSSR count). The van der Waals surface area contributed by atoms with Gasteiger partial charge in [0.15, 0.2) is 0 Å². The van der Waals surface area contributed by atoms with Crippen molar-refractivity contribution in [2.45, 2.75) is 117 Å². The summed E-state index contributed by atoms with van der Waals surface area (Å²) in [5, 5.41) is 19.8. The summed E-state index contributed by atoms with van der Waals surface area (Å²) < 4.78 is 25.6. The molecule has 20 heteroatoms. The van der Waals surface area contributed by atoms with Crippen LogP contribution < -0.4 is 25.6 Å². The first kappa shape index (κ1) is 55.6. The maximum absolute atomic E-state index is 14.1. The highest BCUT2D eigenvalue weighted by molar-refractivity contribution is 7.13. The highest BCUT2D eigenvalue weighted by Gasteiger charge is 2.44. The van der Waals surface area contributed by atoms with E-state index in [2.05, 4.69) is 71.3 Å². The Bertz CT molecular complexity index is 2880. The van der Waals surface area contributed by atoms with Gasteiger partial charge in [-0.15, -0.1) is 11.3 Å². The van der Waals surface area contributed by atoms with Gasteiger partial charge in [0.1, 0.15) is 53.5 Å². The summed E-state index contributed by atoms with van der Waals surface area (Å²) in [5.41, 5.74) is 7.07. The molecule has 0 bridgehead atoms. The number of β-amino-alcohol motifs (C(OH)–C–C–N with tert-alkyl or cyclic N) is 1. The Morgan fingerprint density at radius 2 is 1.55 bits per heavy atom. The third kappa shape index (κ3) is 14.5. The molecule has 2 saturated heterocycles. The van der Waals surface area contributed by atoms with Gasteiger partial charge >= 0.3 is 0 Å². The number of fused-ring (bicyclic) bond motifs is 1. The van der Waals surface area contributed by atoms with Crippen LogP contribution in [0, 0.1) is 19.3 Å². The van der Waals surface area contributed by atoms with E-state index in [-0.39, 0.29) is 56.9 Å². The number of aliphatic hydroxyl groups is 1. The van der Waals surface area contributed by atoms with Crippen molar-refractivity contribution >= 4 is 57.7 Å². The number of hydrogen-bond donors (Lipinski definition) is 4. The molecule has 2 aliphatic rings. The first-order valence-electron chi connectivity index (χ1n) is 26.3. The molecule has 2 aromatic carbocycles. The van der Waals surface area contributed by atoms with Gasteiger partial charge in [0, 0.05) is 57.2 Å². The van der Waals surface area contributed by atoms with Crippen molar-refractivity contribution < 1.29 is 38.4 Å².